The van der Waals surface area contributed by atoms with Crippen LogP contribution in [0, 0.1) is 5.92 Å². The number of carboxylic acid groups (broad SMARTS) is 1. The van der Waals surface area contributed by atoms with Gasteiger partial charge in [0, 0.05) is 12.1 Å². The average molecular weight is 389 g/mol. The minimum absolute atomic E-state index is 0.119. The highest BCUT2D eigenvalue weighted by Gasteiger charge is 2.29. The predicted molar refractivity (Wildman–Crippen MR) is 116 cm³/mol. The molecule has 4 heteroatoms. The van der Waals surface area contributed by atoms with Crippen molar-refractivity contribution in [3.8, 4) is 5.75 Å². The summed E-state index contributed by atoms with van der Waals surface area (Å²) in [6.45, 7) is 0.661. The second-order valence-corrected chi connectivity index (χ2v) is 7.98. The Balaban J connectivity index is 1.47. The molecule has 1 aliphatic carbocycles. The number of hydrogen-bond donors (Lipinski definition) is 2. The molecule has 29 heavy (non-hydrogen) atoms. The van der Waals surface area contributed by atoms with E-state index in [1.54, 1.807) is 0 Å². The summed E-state index contributed by atoms with van der Waals surface area (Å²) in [5, 5.41) is 11.4. The van der Waals surface area contributed by atoms with Crippen molar-refractivity contribution in [2.45, 2.75) is 38.0 Å². The van der Waals surface area contributed by atoms with Crippen LogP contribution in [0.4, 0.5) is 5.69 Å². The molecule has 0 aliphatic heterocycles. The lowest BCUT2D eigenvalue weighted by molar-refractivity contribution is -0.136. The Kier molecular flexibility index (Phi) is 5.70. The molecule has 2 unspecified atom stereocenters. The quantitative estimate of drug-likeness (QED) is 0.531. The molecule has 1 saturated carbocycles. The van der Waals surface area contributed by atoms with E-state index in [1.165, 1.54) is 29.2 Å². The van der Waals surface area contributed by atoms with E-state index in [2.05, 4.69) is 24.3 Å². The zero-order valence-electron chi connectivity index (χ0n) is 16.5. The summed E-state index contributed by atoms with van der Waals surface area (Å²) in [5.74, 6) is 0.985. The number of benzene rings is 3. The SMILES string of the molecule is Nc1ccc2cc(C3CCCC3COc3ccccc3CCC(=O)O)ccc2c1. The molecule has 0 bridgehead atoms. The number of hydrogen-bond acceptors (Lipinski definition) is 3. The molecule has 4 nitrogen and oxygen atoms in total. The highest BCUT2D eigenvalue weighted by atomic mass is 16.5. The zero-order valence-corrected chi connectivity index (χ0v) is 16.5. The van der Waals surface area contributed by atoms with E-state index in [0.717, 1.165) is 23.4 Å². The third-order valence-corrected chi connectivity index (χ3v) is 6.01. The molecule has 3 N–H and O–H groups in total. The van der Waals surface area contributed by atoms with Gasteiger partial charge in [-0.2, -0.15) is 0 Å². The number of ether oxygens (including phenoxy) is 1. The number of carboxylic acids is 1. The van der Waals surface area contributed by atoms with Crippen LogP contribution in [0.5, 0.6) is 5.75 Å². The predicted octanol–water partition coefficient (Wildman–Crippen LogP) is 5.40. The minimum atomic E-state index is -0.784. The number of nitrogen functional groups attached to an aromatic ring is 1. The summed E-state index contributed by atoms with van der Waals surface area (Å²) >= 11 is 0. The maximum atomic E-state index is 10.9. The largest absolute Gasteiger partial charge is 0.493 e. The van der Waals surface area contributed by atoms with Crippen LogP contribution in [0.2, 0.25) is 0 Å². The van der Waals surface area contributed by atoms with E-state index >= 15 is 0 Å². The van der Waals surface area contributed by atoms with Crippen LogP contribution in [0.3, 0.4) is 0 Å². The van der Waals surface area contributed by atoms with Gasteiger partial charge in [0.05, 0.1) is 6.61 Å². The van der Waals surface area contributed by atoms with E-state index < -0.39 is 5.97 Å². The minimum Gasteiger partial charge on any atom is -0.493 e. The van der Waals surface area contributed by atoms with Gasteiger partial charge in [0.25, 0.3) is 0 Å². The lowest BCUT2D eigenvalue weighted by Gasteiger charge is -2.22. The molecule has 1 aliphatic rings. The number of rotatable bonds is 7. The number of carbonyl (C=O) groups is 1. The molecule has 4 rings (SSSR count). The maximum absolute atomic E-state index is 10.9. The second kappa shape index (κ2) is 8.56. The highest BCUT2D eigenvalue weighted by molar-refractivity contribution is 5.86. The maximum Gasteiger partial charge on any atom is 0.303 e. The highest BCUT2D eigenvalue weighted by Crippen LogP contribution is 2.41. The van der Waals surface area contributed by atoms with Crippen LogP contribution in [-0.2, 0) is 11.2 Å². The van der Waals surface area contributed by atoms with E-state index in [0.29, 0.717) is 24.9 Å². The molecule has 0 spiro atoms. The first kappa shape index (κ1) is 19.3. The number of para-hydroxylation sites is 1. The average Bonchev–Trinajstić information content (AvgIpc) is 3.19. The molecule has 150 valence electrons. The third-order valence-electron chi connectivity index (χ3n) is 6.01. The monoisotopic (exact) mass is 389 g/mol. The Morgan fingerprint density at radius 2 is 1.83 bits per heavy atom. The van der Waals surface area contributed by atoms with Gasteiger partial charge in [-0.05, 0) is 71.2 Å². The number of aliphatic carboxylic acids is 1. The molecule has 0 heterocycles. The summed E-state index contributed by atoms with van der Waals surface area (Å²) in [5.41, 5.74) is 9.03. The molecular weight excluding hydrogens is 362 g/mol. The van der Waals surface area contributed by atoms with Gasteiger partial charge in [-0.25, -0.2) is 0 Å². The van der Waals surface area contributed by atoms with Crippen molar-refractivity contribution in [3.63, 3.8) is 0 Å². The van der Waals surface area contributed by atoms with Gasteiger partial charge in [-0.3, -0.25) is 4.79 Å². The first-order valence-electron chi connectivity index (χ1n) is 10.3. The zero-order chi connectivity index (χ0) is 20.2. The van der Waals surface area contributed by atoms with Crippen LogP contribution >= 0.6 is 0 Å². The van der Waals surface area contributed by atoms with Crippen molar-refractivity contribution >= 4 is 22.4 Å². The molecule has 0 amide bonds. The molecule has 0 radical (unpaired) electrons. The van der Waals surface area contributed by atoms with Gasteiger partial charge in [0.15, 0.2) is 0 Å². The van der Waals surface area contributed by atoms with Crippen molar-refractivity contribution in [2.24, 2.45) is 5.92 Å². The lowest BCUT2D eigenvalue weighted by atomic mass is 9.88. The fourth-order valence-corrected chi connectivity index (χ4v) is 4.48. The van der Waals surface area contributed by atoms with Gasteiger partial charge in [0.1, 0.15) is 5.75 Å². The standard InChI is InChI=1S/C25H27NO3/c26-22-12-10-18-14-20(9-8-19(18)15-22)23-6-3-5-21(23)16-29-24-7-2-1-4-17(24)11-13-25(27)28/h1-2,4,7-10,12,14-15,21,23H,3,5-6,11,13,16,26H2,(H,27,28). The van der Waals surface area contributed by atoms with Crippen molar-refractivity contribution in [1.82, 2.24) is 0 Å². The first-order chi connectivity index (χ1) is 14.1. The van der Waals surface area contributed by atoms with Crippen LogP contribution < -0.4 is 10.5 Å². The second-order valence-electron chi connectivity index (χ2n) is 7.98. The Morgan fingerprint density at radius 1 is 1.03 bits per heavy atom. The summed E-state index contributed by atoms with van der Waals surface area (Å²) in [4.78, 5) is 10.9. The number of aryl methyl sites for hydroxylation is 1. The Bertz CT molecular complexity index is 1010. The number of anilines is 1. The van der Waals surface area contributed by atoms with Gasteiger partial charge in [-0.15, -0.1) is 0 Å². The van der Waals surface area contributed by atoms with E-state index in [1.807, 2.05) is 36.4 Å². The molecular formula is C25H27NO3. The van der Waals surface area contributed by atoms with Crippen LogP contribution in [0.15, 0.2) is 60.7 Å². The topological polar surface area (TPSA) is 72.5 Å². The van der Waals surface area contributed by atoms with Crippen LogP contribution in [0.1, 0.15) is 42.7 Å². The molecule has 1 fully saturated rings. The molecule has 0 aromatic heterocycles. The molecule has 3 aromatic carbocycles. The Hall–Kier alpha value is -3.01. The van der Waals surface area contributed by atoms with Gasteiger partial charge >= 0.3 is 5.97 Å². The molecule has 0 saturated heterocycles. The molecule has 2 atom stereocenters. The van der Waals surface area contributed by atoms with E-state index in [-0.39, 0.29) is 6.42 Å². The summed E-state index contributed by atoms with van der Waals surface area (Å²) in [6, 6.07) is 20.5. The van der Waals surface area contributed by atoms with Crippen molar-refractivity contribution in [1.29, 1.82) is 0 Å². The summed E-state index contributed by atoms with van der Waals surface area (Å²) < 4.78 is 6.20. The molecule has 3 aromatic rings. The summed E-state index contributed by atoms with van der Waals surface area (Å²) in [6.07, 6.45) is 4.15. The van der Waals surface area contributed by atoms with Crippen molar-refractivity contribution < 1.29 is 14.6 Å². The van der Waals surface area contributed by atoms with E-state index in [4.69, 9.17) is 15.6 Å². The van der Waals surface area contributed by atoms with Crippen LogP contribution in [0.25, 0.3) is 10.8 Å². The van der Waals surface area contributed by atoms with Gasteiger partial charge in [0.2, 0.25) is 0 Å². The van der Waals surface area contributed by atoms with Crippen molar-refractivity contribution in [2.75, 3.05) is 12.3 Å². The Morgan fingerprint density at radius 3 is 2.69 bits per heavy atom. The third kappa shape index (κ3) is 4.53. The Labute approximate surface area is 171 Å². The normalized spacial score (nSPS) is 18.8. The summed E-state index contributed by atoms with van der Waals surface area (Å²) in [7, 11) is 0. The smallest absolute Gasteiger partial charge is 0.303 e. The fraction of sp³-hybridized carbons (Fsp3) is 0.320. The fourth-order valence-electron chi connectivity index (χ4n) is 4.48. The lowest BCUT2D eigenvalue weighted by Crippen LogP contribution is -2.16. The van der Waals surface area contributed by atoms with E-state index in [9.17, 15) is 4.79 Å². The first-order valence-corrected chi connectivity index (χ1v) is 10.3. The van der Waals surface area contributed by atoms with Gasteiger partial charge in [-0.1, -0.05) is 48.9 Å². The van der Waals surface area contributed by atoms with Gasteiger partial charge < -0.3 is 15.6 Å². The van der Waals surface area contributed by atoms with Crippen molar-refractivity contribution in [3.05, 3.63) is 71.8 Å². The number of fused-ring (bicyclic) bond motifs is 1. The number of nitrogens with two attached hydrogens (primary N) is 1. The van der Waals surface area contributed by atoms with Crippen LogP contribution in [-0.4, -0.2) is 17.7 Å².